The van der Waals surface area contributed by atoms with E-state index in [0.717, 1.165) is 13.8 Å². The summed E-state index contributed by atoms with van der Waals surface area (Å²) in [6.07, 6.45) is -5.15. The molecular weight excluding hydrogens is 383 g/mol. The third-order valence-electron chi connectivity index (χ3n) is 3.28. The number of hydrogen-bond donors (Lipinski definition) is 2. The van der Waals surface area contributed by atoms with Gasteiger partial charge in [0.15, 0.2) is 5.60 Å². The van der Waals surface area contributed by atoms with Crippen LogP contribution in [0, 0.1) is 0 Å². The summed E-state index contributed by atoms with van der Waals surface area (Å²) in [7, 11) is -5.75. The monoisotopic (exact) mass is 400 g/mol. The van der Waals surface area contributed by atoms with Crippen LogP contribution < -0.4 is 0 Å². The lowest BCUT2D eigenvalue weighted by molar-refractivity contribution is -0.305. The fourth-order valence-corrected chi connectivity index (χ4v) is 1.40. The lowest BCUT2D eigenvalue weighted by Crippen LogP contribution is -2.60. The molecule has 0 aliphatic rings. The zero-order valence-corrected chi connectivity index (χ0v) is 14.2. The maximum Gasteiger partial charge on any atom is 0.420 e. The van der Waals surface area contributed by atoms with Crippen molar-refractivity contribution in [3.8, 4) is 0 Å². The standard InChI is InChI=1S/C12H17F5O7S/c1-7(5-23-6-11(13,14)25(20,21)22)8(18)24-9(2,3)10(4,19)12(15,16)17/h19H,1,5-6H2,2-4H3,(H,20,21,22). The first-order valence-corrected chi connectivity index (χ1v) is 7.83. The molecule has 0 aromatic heterocycles. The topological polar surface area (TPSA) is 110 Å². The minimum Gasteiger partial charge on any atom is -0.453 e. The third-order valence-corrected chi connectivity index (χ3v) is 4.16. The van der Waals surface area contributed by atoms with Crippen LogP contribution in [0.4, 0.5) is 22.0 Å². The molecule has 0 heterocycles. The van der Waals surface area contributed by atoms with Gasteiger partial charge < -0.3 is 14.6 Å². The molecule has 2 N–H and O–H groups in total. The van der Waals surface area contributed by atoms with Crippen LogP contribution in [0.2, 0.25) is 0 Å². The van der Waals surface area contributed by atoms with Crippen molar-refractivity contribution in [2.75, 3.05) is 13.2 Å². The van der Waals surface area contributed by atoms with Gasteiger partial charge in [0.25, 0.3) is 0 Å². The molecule has 0 bridgehead atoms. The highest BCUT2D eigenvalue weighted by atomic mass is 32.2. The van der Waals surface area contributed by atoms with E-state index in [9.17, 15) is 40.3 Å². The summed E-state index contributed by atoms with van der Waals surface area (Å²) in [5, 5.41) is 4.87. The largest absolute Gasteiger partial charge is 0.453 e. The molecule has 1 unspecified atom stereocenters. The first-order valence-electron chi connectivity index (χ1n) is 6.39. The molecule has 0 rings (SSSR count). The Hall–Kier alpha value is -1.31. The Labute approximate surface area is 140 Å². The maximum atomic E-state index is 12.9. The number of hydrogen-bond acceptors (Lipinski definition) is 6. The first kappa shape index (κ1) is 23.7. The second-order valence-corrected chi connectivity index (χ2v) is 7.23. The number of alkyl halides is 5. The Bertz CT molecular complexity index is 622. The van der Waals surface area contributed by atoms with Gasteiger partial charge >= 0.3 is 27.5 Å². The predicted molar refractivity (Wildman–Crippen MR) is 73.3 cm³/mol. The summed E-state index contributed by atoms with van der Waals surface area (Å²) in [5.41, 5.74) is -6.63. The molecule has 0 saturated carbocycles. The van der Waals surface area contributed by atoms with Gasteiger partial charge in [0.2, 0.25) is 0 Å². The minimum atomic E-state index is -5.75. The molecule has 13 heteroatoms. The second kappa shape index (κ2) is 7.13. The van der Waals surface area contributed by atoms with Crippen LogP contribution in [-0.2, 0) is 24.4 Å². The lowest BCUT2D eigenvalue weighted by atomic mass is 9.86. The average Bonchev–Trinajstić information content (AvgIpc) is 2.34. The van der Waals surface area contributed by atoms with Crippen molar-refractivity contribution in [3.05, 3.63) is 12.2 Å². The maximum absolute atomic E-state index is 12.9. The molecule has 0 aromatic carbocycles. The van der Waals surface area contributed by atoms with Crippen LogP contribution in [0.15, 0.2) is 12.2 Å². The van der Waals surface area contributed by atoms with E-state index in [-0.39, 0.29) is 0 Å². The smallest absolute Gasteiger partial charge is 0.420 e. The van der Waals surface area contributed by atoms with E-state index in [2.05, 4.69) is 16.1 Å². The van der Waals surface area contributed by atoms with Crippen molar-refractivity contribution in [2.45, 2.75) is 43.4 Å². The lowest BCUT2D eigenvalue weighted by Gasteiger charge is -2.40. The number of rotatable bonds is 8. The Kier molecular flexibility index (Phi) is 6.76. The third kappa shape index (κ3) is 5.59. The second-order valence-electron chi connectivity index (χ2n) is 5.68. The molecule has 0 aliphatic heterocycles. The van der Waals surface area contributed by atoms with Gasteiger partial charge in [0, 0.05) is 0 Å². The SMILES string of the molecule is C=C(COCC(F)(F)S(=O)(=O)O)C(=O)OC(C)(C)C(C)(O)C(F)(F)F. The van der Waals surface area contributed by atoms with Gasteiger partial charge in [-0.1, -0.05) is 6.58 Å². The number of ether oxygens (including phenoxy) is 2. The molecule has 7 nitrogen and oxygen atoms in total. The summed E-state index contributed by atoms with van der Waals surface area (Å²) >= 11 is 0. The van der Waals surface area contributed by atoms with Gasteiger partial charge in [0.05, 0.1) is 12.2 Å². The van der Waals surface area contributed by atoms with Gasteiger partial charge in [-0.15, -0.1) is 0 Å². The van der Waals surface area contributed by atoms with Gasteiger partial charge in [-0.3, -0.25) is 4.55 Å². The molecule has 1 atom stereocenters. The zero-order valence-electron chi connectivity index (χ0n) is 13.4. The molecule has 0 amide bonds. The molecule has 0 aromatic rings. The molecule has 0 aliphatic carbocycles. The highest BCUT2D eigenvalue weighted by molar-refractivity contribution is 7.86. The fourth-order valence-electron chi connectivity index (χ4n) is 1.17. The van der Waals surface area contributed by atoms with Crippen molar-refractivity contribution < 1.29 is 54.3 Å². The number of halogens is 5. The van der Waals surface area contributed by atoms with Crippen LogP contribution in [0.25, 0.3) is 0 Å². The highest BCUT2D eigenvalue weighted by Gasteiger charge is 2.61. The Morgan fingerprint density at radius 2 is 1.56 bits per heavy atom. The molecule has 25 heavy (non-hydrogen) atoms. The summed E-state index contributed by atoms with van der Waals surface area (Å²) in [4.78, 5) is 11.6. The number of aliphatic hydroxyl groups is 1. The van der Waals surface area contributed by atoms with Crippen molar-refractivity contribution >= 4 is 16.1 Å². The van der Waals surface area contributed by atoms with E-state index >= 15 is 0 Å². The van der Waals surface area contributed by atoms with E-state index in [4.69, 9.17) is 4.55 Å². The molecule has 0 saturated heterocycles. The molecule has 0 fully saturated rings. The van der Waals surface area contributed by atoms with Gasteiger partial charge in [-0.25, -0.2) is 4.79 Å². The Balaban J connectivity index is 4.86. The van der Waals surface area contributed by atoms with E-state index in [1.807, 2.05) is 0 Å². The number of esters is 1. The first-order chi connectivity index (χ1) is 10.8. The van der Waals surface area contributed by atoms with E-state index in [1.54, 1.807) is 0 Å². The number of carbonyl (C=O) groups is 1. The summed E-state index contributed by atoms with van der Waals surface area (Å²) < 4.78 is 102. The minimum absolute atomic E-state index is 0.367. The van der Waals surface area contributed by atoms with Crippen molar-refractivity contribution in [1.29, 1.82) is 0 Å². The van der Waals surface area contributed by atoms with Crippen LogP contribution in [-0.4, -0.2) is 59.9 Å². The molecule has 0 radical (unpaired) electrons. The van der Waals surface area contributed by atoms with Crippen molar-refractivity contribution in [3.63, 3.8) is 0 Å². The quantitative estimate of drug-likeness (QED) is 0.276. The van der Waals surface area contributed by atoms with E-state index in [0.29, 0.717) is 6.92 Å². The zero-order chi connectivity index (χ0) is 20.5. The molecule has 0 spiro atoms. The Morgan fingerprint density at radius 1 is 1.12 bits per heavy atom. The van der Waals surface area contributed by atoms with E-state index in [1.165, 1.54) is 0 Å². The van der Waals surface area contributed by atoms with Crippen LogP contribution in [0.5, 0.6) is 0 Å². The van der Waals surface area contributed by atoms with E-state index < -0.39 is 57.5 Å². The molecule has 148 valence electrons. The van der Waals surface area contributed by atoms with Gasteiger partial charge in [0.1, 0.15) is 12.2 Å². The Morgan fingerprint density at radius 3 is 1.92 bits per heavy atom. The van der Waals surface area contributed by atoms with Crippen LogP contribution >= 0.6 is 0 Å². The fraction of sp³-hybridized carbons (Fsp3) is 0.750. The van der Waals surface area contributed by atoms with Crippen LogP contribution in [0.1, 0.15) is 20.8 Å². The summed E-state index contributed by atoms with van der Waals surface area (Å²) in [6, 6.07) is 0. The van der Waals surface area contributed by atoms with Gasteiger partial charge in [-0.2, -0.15) is 30.4 Å². The predicted octanol–water partition coefficient (Wildman–Crippen LogP) is 1.67. The summed E-state index contributed by atoms with van der Waals surface area (Å²) in [6.45, 7) is 2.09. The number of carbonyl (C=O) groups excluding carboxylic acids is 1. The van der Waals surface area contributed by atoms with Crippen LogP contribution in [0.3, 0.4) is 0 Å². The normalized spacial score (nSPS) is 16.2. The van der Waals surface area contributed by atoms with Gasteiger partial charge in [-0.05, 0) is 20.8 Å². The molecular formula is C12H17F5O7S. The highest BCUT2D eigenvalue weighted by Crippen LogP contribution is 2.40. The summed E-state index contributed by atoms with van der Waals surface area (Å²) in [5.74, 6) is -1.50. The van der Waals surface area contributed by atoms with Crippen molar-refractivity contribution in [1.82, 2.24) is 0 Å². The average molecular weight is 400 g/mol. The van der Waals surface area contributed by atoms with Crippen molar-refractivity contribution in [2.24, 2.45) is 0 Å².